The first kappa shape index (κ1) is 15.9. The van der Waals surface area contributed by atoms with Crippen molar-refractivity contribution < 1.29 is 8.42 Å². The van der Waals surface area contributed by atoms with Gasteiger partial charge in [-0.15, -0.1) is 11.3 Å². The van der Waals surface area contributed by atoms with E-state index in [-0.39, 0.29) is 0 Å². The van der Waals surface area contributed by atoms with E-state index in [0.717, 1.165) is 30.8 Å². The zero-order valence-electron chi connectivity index (χ0n) is 12.4. The fourth-order valence-electron chi connectivity index (χ4n) is 2.24. The number of thiophene rings is 1. The van der Waals surface area contributed by atoms with Crippen LogP contribution in [-0.2, 0) is 16.6 Å². The Kier molecular flexibility index (Phi) is 5.23. The molecule has 4 nitrogen and oxygen atoms in total. The normalized spacial score (nSPS) is 22.4. The van der Waals surface area contributed by atoms with Gasteiger partial charge in [0, 0.05) is 30.4 Å². The van der Waals surface area contributed by atoms with E-state index in [1.165, 1.54) is 15.6 Å². The van der Waals surface area contributed by atoms with Crippen LogP contribution in [0.5, 0.6) is 0 Å². The van der Waals surface area contributed by atoms with E-state index in [9.17, 15) is 8.42 Å². The molecule has 0 saturated heterocycles. The second kappa shape index (κ2) is 6.56. The molecule has 6 heteroatoms. The van der Waals surface area contributed by atoms with Crippen LogP contribution in [0.25, 0.3) is 0 Å². The molecule has 20 heavy (non-hydrogen) atoms. The molecule has 1 heterocycles. The Hall–Kier alpha value is -0.430. The van der Waals surface area contributed by atoms with Crippen LogP contribution in [0.4, 0.5) is 0 Å². The molecule has 1 aromatic heterocycles. The van der Waals surface area contributed by atoms with Crippen molar-refractivity contribution in [3.05, 3.63) is 16.3 Å². The van der Waals surface area contributed by atoms with Crippen LogP contribution < -0.4 is 5.32 Å². The molecule has 1 fully saturated rings. The van der Waals surface area contributed by atoms with E-state index in [2.05, 4.69) is 19.2 Å². The van der Waals surface area contributed by atoms with E-state index >= 15 is 0 Å². The Labute approximate surface area is 126 Å². The lowest BCUT2D eigenvalue weighted by atomic mass is 10.3. The molecule has 0 spiro atoms. The fraction of sp³-hybridized carbons (Fsp3) is 0.714. The third-order valence-electron chi connectivity index (χ3n) is 3.83. The monoisotopic (exact) mass is 316 g/mol. The average Bonchev–Trinajstić information content (AvgIpc) is 2.91. The summed E-state index contributed by atoms with van der Waals surface area (Å²) in [6.45, 7) is 6.64. The molecule has 114 valence electrons. The first-order valence-electron chi connectivity index (χ1n) is 7.19. The van der Waals surface area contributed by atoms with Crippen LogP contribution in [0.15, 0.2) is 16.3 Å². The van der Waals surface area contributed by atoms with Gasteiger partial charge < -0.3 is 5.32 Å². The maximum atomic E-state index is 12.5. The van der Waals surface area contributed by atoms with Crippen molar-refractivity contribution in [3.8, 4) is 0 Å². The van der Waals surface area contributed by atoms with Crippen molar-refractivity contribution in [1.82, 2.24) is 9.62 Å². The van der Waals surface area contributed by atoms with Gasteiger partial charge in [0.05, 0.1) is 4.90 Å². The first-order valence-corrected chi connectivity index (χ1v) is 9.51. The molecule has 0 aliphatic heterocycles. The number of hydrogen-bond acceptors (Lipinski definition) is 4. The summed E-state index contributed by atoms with van der Waals surface area (Å²) in [5.74, 6) is 1.21. The molecular weight excluding hydrogens is 292 g/mol. The van der Waals surface area contributed by atoms with Crippen LogP contribution in [0, 0.1) is 11.8 Å². The minimum absolute atomic E-state index is 0.437. The summed E-state index contributed by atoms with van der Waals surface area (Å²) in [4.78, 5) is 1.51. The van der Waals surface area contributed by atoms with Crippen molar-refractivity contribution in [3.63, 3.8) is 0 Å². The SMILES string of the molecule is CCCNCc1cc(S(=O)(=O)N(C)CC2CC2C)cs1. The Morgan fingerprint density at radius 3 is 2.80 bits per heavy atom. The van der Waals surface area contributed by atoms with Gasteiger partial charge in [-0.3, -0.25) is 0 Å². The van der Waals surface area contributed by atoms with Gasteiger partial charge in [-0.05, 0) is 37.3 Å². The predicted molar refractivity (Wildman–Crippen MR) is 83.4 cm³/mol. The first-order chi connectivity index (χ1) is 9.45. The summed E-state index contributed by atoms with van der Waals surface area (Å²) in [6, 6.07) is 1.80. The number of nitrogens with zero attached hydrogens (tertiary/aromatic N) is 1. The Morgan fingerprint density at radius 1 is 1.50 bits per heavy atom. The Morgan fingerprint density at radius 2 is 2.20 bits per heavy atom. The molecule has 1 aromatic rings. The van der Waals surface area contributed by atoms with Crippen molar-refractivity contribution >= 4 is 21.4 Å². The maximum Gasteiger partial charge on any atom is 0.243 e. The summed E-state index contributed by atoms with van der Waals surface area (Å²) < 4.78 is 26.4. The highest BCUT2D eigenvalue weighted by atomic mass is 32.2. The Balaban J connectivity index is 1.98. The topological polar surface area (TPSA) is 49.4 Å². The minimum atomic E-state index is -3.31. The standard InChI is InChI=1S/C14H24N2O2S2/c1-4-5-15-8-13-7-14(10-19-13)20(17,18)16(3)9-12-6-11(12)2/h7,10-12,15H,4-6,8-9H2,1-3H3. The molecule has 1 saturated carbocycles. The van der Waals surface area contributed by atoms with Gasteiger partial charge in [0.25, 0.3) is 0 Å². The lowest BCUT2D eigenvalue weighted by Gasteiger charge is -2.15. The van der Waals surface area contributed by atoms with E-state index in [1.54, 1.807) is 18.5 Å². The quantitative estimate of drug-likeness (QED) is 0.750. The second-order valence-electron chi connectivity index (χ2n) is 5.68. The molecule has 1 aliphatic carbocycles. The van der Waals surface area contributed by atoms with Crippen molar-refractivity contribution in [1.29, 1.82) is 0 Å². The van der Waals surface area contributed by atoms with Gasteiger partial charge in [0.1, 0.15) is 0 Å². The van der Waals surface area contributed by atoms with Gasteiger partial charge in [0.15, 0.2) is 0 Å². The van der Waals surface area contributed by atoms with Gasteiger partial charge >= 0.3 is 0 Å². The van der Waals surface area contributed by atoms with E-state index in [1.807, 2.05) is 0 Å². The zero-order chi connectivity index (χ0) is 14.8. The molecule has 2 rings (SSSR count). The minimum Gasteiger partial charge on any atom is -0.312 e. The van der Waals surface area contributed by atoms with E-state index in [0.29, 0.717) is 23.3 Å². The summed E-state index contributed by atoms with van der Waals surface area (Å²) in [5.41, 5.74) is 0. The average molecular weight is 316 g/mol. The number of nitrogens with one attached hydrogen (secondary N) is 1. The maximum absolute atomic E-state index is 12.5. The Bertz CT molecular complexity index is 539. The zero-order valence-corrected chi connectivity index (χ0v) is 14.1. The van der Waals surface area contributed by atoms with Crippen LogP contribution in [-0.4, -0.2) is 32.9 Å². The lowest BCUT2D eigenvalue weighted by molar-refractivity contribution is 0.445. The van der Waals surface area contributed by atoms with Crippen molar-refractivity contribution in [2.24, 2.45) is 11.8 Å². The van der Waals surface area contributed by atoms with Gasteiger partial charge in [0.2, 0.25) is 10.0 Å². The molecular formula is C14H24N2O2S2. The number of rotatable bonds is 8. The van der Waals surface area contributed by atoms with Gasteiger partial charge in [-0.2, -0.15) is 0 Å². The highest BCUT2D eigenvalue weighted by Crippen LogP contribution is 2.38. The molecule has 2 atom stereocenters. The summed E-state index contributed by atoms with van der Waals surface area (Å²) >= 11 is 1.51. The van der Waals surface area contributed by atoms with Gasteiger partial charge in [-0.1, -0.05) is 13.8 Å². The lowest BCUT2D eigenvalue weighted by Crippen LogP contribution is -2.29. The van der Waals surface area contributed by atoms with Crippen molar-refractivity contribution in [2.75, 3.05) is 20.1 Å². The second-order valence-corrected chi connectivity index (χ2v) is 8.72. The van der Waals surface area contributed by atoms with Crippen LogP contribution >= 0.6 is 11.3 Å². The molecule has 0 amide bonds. The molecule has 0 radical (unpaired) electrons. The summed E-state index contributed by atoms with van der Waals surface area (Å²) in [7, 11) is -1.62. The fourth-order valence-corrected chi connectivity index (χ4v) is 4.70. The highest BCUT2D eigenvalue weighted by Gasteiger charge is 2.36. The van der Waals surface area contributed by atoms with Crippen molar-refractivity contribution in [2.45, 2.75) is 38.1 Å². The number of hydrogen-bond donors (Lipinski definition) is 1. The van der Waals surface area contributed by atoms with E-state index in [4.69, 9.17) is 0 Å². The third-order valence-corrected chi connectivity index (χ3v) is 6.72. The van der Waals surface area contributed by atoms with Crippen LogP contribution in [0.2, 0.25) is 0 Å². The van der Waals surface area contributed by atoms with E-state index < -0.39 is 10.0 Å². The predicted octanol–water partition coefficient (Wildman–Crippen LogP) is 2.52. The largest absolute Gasteiger partial charge is 0.312 e. The molecule has 2 unspecified atom stereocenters. The summed E-state index contributed by atoms with van der Waals surface area (Å²) in [5, 5.41) is 5.05. The van der Waals surface area contributed by atoms with Crippen LogP contribution in [0.3, 0.4) is 0 Å². The van der Waals surface area contributed by atoms with Crippen LogP contribution in [0.1, 0.15) is 31.6 Å². The molecule has 1 N–H and O–H groups in total. The number of sulfonamides is 1. The van der Waals surface area contributed by atoms with Gasteiger partial charge in [-0.25, -0.2) is 12.7 Å². The molecule has 0 bridgehead atoms. The summed E-state index contributed by atoms with van der Waals surface area (Å²) in [6.07, 6.45) is 2.23. The highest BCUT2D eigenvalue weighted by molar-refractivity contribution is 7.89. The molecule has 0 aromatic carbocycles. The molecule has 1 aliphatic rings. The smallest absolute Gasteiger partial charge is 0.243 e. The third kappa shape index (κ3) is 3.81.